The number of ether oxygens (including phenoxy) is 2. The van der Waals surface area contributed by atoms with E-state index in [1.165, 1.54) is 41.4 Å². The number of hydrogen-bond acceptors (Lipinski definition) is 8. The van der Waals surface area contributed by atoms with Crippen LogP contribution in [0.4, 0.5) is 46.5 Å². The zero-order valence-electron chi connectivity index (χ0n) is 23.5. The first-order valence-corrected chi connectivity index (χ1v) is 13.8. The standard InChI is InChI=1S/C31H26F3N7O4/c32-31(33,34)45-25-10-6-21(7-11-25)37-27-26-12-13-41(28(26)36-19-35-27)30(43)39-23-3-1-2-20(18-23)29(42)38-22-4-8-24(9-5-22)40-14-16-44-17-15-40/h1-13,18-19H,14-17H2,(H,38,42)(H,39,43)(H,35,36,37). The van der Waals surface area contributed by atoms with Crippen molar-refractivity contribution in [1.29, 1.82) is 0 Å². The van der Waals surface area contributed by atoms with Crippen LogP contribution in [0.5, 0.6) is 5.75 Å². The number of carbonyl (C=O) groups is 2. The van der Waals surface area contributed by atoms with Gasteiger partial charge in [-0.25, -0.2) is 14.8 Å². The van der Waals surface area contributed by atoms with Gasteiger partial charge in [-0.3, -0.25) is 9.36 Å². The molecule has 5 aromatic rings. The van der Waals surface area contributed by atoms with Crippen molar-refractivity contribution >= 4 is 51.5 Å². The third-order valence-electron chi connectivity index (χ3n) is 6.93. The summed E-state index contributed by atoms with van der Waals surface area (Å²) in [4.78, 5) is 36.8. The van der Waals surface area contributed by atoms with E-state index in [4.69, 9.17) is 4.74 Å². The Hall–Kier alpha value is -5.63. The van der Waals surface area contributed by atoms with Gasteiger partial charge in [0.05, 0.1) is 18.6 Å². The second-order valence-electron chi connectivity index (χ2n) is 9.95. The maximum Gasteiger partial charge on any atom is 0.573 e. The normalized spacial score (nSPS) is 13.4. The Kier molecular flexibility index (Phi) is 8.20. The summed E-state index contributed by atoms with van der Waals surface area (Å²) in [6, 6.07) is 20.4. The molecular formula is C31H26F3N7O4. The zero-order valence-corrected chi connectivity index (χ0v) is 23.5. The lowest BCUT2D eigenvalue weighted by Crippen LogP contribution is -2.36. The van der Waals surface area contributed by atoms with E-state index in [1.54, 1.807) is 30.3 Å². The van der Waals surface area contributed by atoms with Crippen LogP contribution in [-0.2, 0) is 4.74 Å². The molecule has 230 valence electrons. The summed E-state index contributed by atoms with van der Waals surface area (Å²) in [7, 11) is 0. The van der Waals surface area contributed by atoms with E-state index in [0.29, 0.717) is 47.0 Å². The number of fused-ring (bicyclic) bond motifs is 1. The number of amides is 2. The number of aromatic nitrogens is 3. The highest BCUT2D eigenvalue weighted by Crippen LogP contribution is 2.28. The lowest BCUT2D eigenvalue weighted by molar-refractivity contribution is -0.274. The molecule has 0 atom stereocenters. The molecule has 45 heavy (non-hydrogen) atoms. The molecule has 14 heteroatoms. The molecule has 2 aromatic heterocycles. The monoisotopic (exact) mass is 617 g/mol. The maximum absolute atomic E-state index is 13.2. The van der Waals surface area contributed by atoms with Crippen molar-refractivity contribution in [3.05, 3.63) is 97.0 Å². The van der Waals surface area contributed by atoms with Crippen LogP contribution >= 0.6 is 0 Å². The second kappa shape index (κ2) is 12.5. The molecule has 1 aliphatic heterocycles. The number of benzene rings is 3. The highest BCUT2D eigenvalue weighted by molar-refractivity contribution is 6.06. The van der Waals surface area contributed by atoms with Crippen molar-refractivity contribution in [1.82, 2.24) is 14.5 Å². The third-order valence-corrected chi connectivity index (χ3v) is 6.93. The largest absolute Gasteiger partial charge is 0.573 e. The number of hydrogen-bond donors (Lipinski definition) is 3. The molecule has 0 radical (unpaired) electrons. The summed E-state index contributed by atoms with van der Waals surface area (Å²) in [6.07, 6.45) is -2.02. The Balaban J connectivity index is 1.11. The Labute approximate surface area is 254 Å². The average Bonchev–Trinajstić information content (AvgIpc) is 3.48. The number of morpholine rings is 1. The fourth-order valence-corrected chi connectivity index (χ4v) is 4.79. The molecule has 11 nitrogen and oxygen atoms in total. The van der Waals surface area contributed by atoms with Gasteiger partial charge in [-0.2, -0.15) is 0 Å². The molecule has 3 N–H and O–H groups in total. The summed E-state index contributed by atoms with van der Waals surface area (Å²) in [5, 5.41) is 9.16. The van der Waals surface area contributed by atoms with Crippen molar-refractivity contribution in [2.75, 3.05) is 47.2 Å². The van der Waals surface area contributed by atoms with Crippen LogP contribution in [-0.4, -0.2) is 59.1 Å². The minimum atomic E-state index is -4.79. The van der Waals surface area contributed by atoms with Crippen molar-refractivity contribution in [2.45, 2.75) is 6.36 Å². The Morgan fingerprint density at radius 3 is 2.31 bits per heavy atom. The van der Waals surface area contributed by atoms with E-state index < -0.39 is 12.4 Å². The van der Waals surface area contributed by atoms with Gasteiger partial charge in [0.1, 0.15) is 17.9 Å². The fourth-order valence-electron chi connectivity index (χ4n) is 4.79. The molecule has 0 aliphatic carbocycles. The smallest absolute Gasteiger partial charge is 0.406 e. The van der Waals surface area contributed by atoms with Gasteiger partial charge in [-0.15, -0.1) is 13.2 Å². The minimum Gasteiger partial charge on any atom is -0.406 e. The van der Waals surface area contributed by atoms with Crippen LogP contribution in [0.1, 0.15) is 10.4 Å². The summed E-state index contributed by atoms with van der Waals surface area (Å²) in [5.41, 5.74) is 3.18. The number of alkyl halides is 3. The van der Waals surface area contributed by atoms with E-state index in [0.717, 1.165) is 18.8 Å². The molecule has 1 saturated heterocycles. The van der Waals surface area contributed by atoms with E-state index in [2.05, 4.69) is 35.6 Å². The van der Waals surface area contributed by atoms with Gasteiger partial charge in [0.25, 0.3) is 5.91 Å². The van der Waals surface area contributed by atoms with E-state index >= 15 is 0 Å². The average molecular weight is 618 g/mol. The van der Waals surface area contributed by atoms with E-state index in [1.807, 2.05) is 24.3 Å². The molecule has 0 bridgehead atoms. The first-order valence-electron chi connectivity index (χ1n) is 13.8. The van der Waals surface area contributed by atoms with Crippen molar-refractivity contribution < 1.29 is 32.2 Å². The SMILES string of the molecule is O=C(Nc1ccc(N2CCOCC2)cc1)c1cccc(NC(=O)n2ccc3c(Nc4ccc(OC(F)(F)F)cc4)ncnc32)c1. The number of carbonyl (C=O) groups excluding carboxylic acids is 2. The van der Waals surface area contributed by atoms with Crippen LogP contribution in [0.2, 0.25) is 0 Å². The molecule has 0 unspecified atom stereocenters. The lowest BCUT2D eigenvalue weighted by atomic mass is 10.1. The molecule has 3 heterocycles. The summed E-state index contributed by atoms with van der Waals surface area (Å²) in [6.45, 7) is 3.00. The molecule has 6 rings (SSSR count). The van der Waals surface area contributed by atoms with Gasteiger partial charge in [0.15, 0.2) is 5.65 Å². The van der Waals surface area contributed by atoms with Gasteiger partial charge in [0.2, 0.25) is 0 Å². The topological polar surface area (TPSA) is 123 Å². The van der Waals surface area contributed by atoms with Gasteiger partial charge >= 0.3 is 12.4 Å². The third kappa shape index (κ3) is 7.13. The second-order valence-corrected chi connectivity index (χ2v) is 9.95. The van der Waals surface area contributed by atoms with Gasteiger partial charge in [-0.05, 0) is 72.8 Å². The molecule has 0 spiro atoms. The van der Waals surface area contributed by atoms with Gasteiger partial charge in [0, 0.05) is 47.6 Å². The van der Waals surface area contributed by atoms with Gasteiger partial charge in [-0.1, -0.05) is 6.07 Å². The first-order chi connectivity index (χ1) is 21.7. The summed E-state index contributed by atoms with van der Waals surface area (Å²) >= 11 is 0. The highest BCUT2D eigenvalue weighted by atomic mass is 19.4. The Morgan fingerprint density at radius 2 is 1.58 bits per heavy atom. The highest BCUT2D eigenvalue weighted by Gasteiger charge is 2.31. The molecule has 1 aliphatic rings. The molecule has 2 amide bonds. The Morgan fingerprint density at radius 1 is 0.844 bits per heavy atom. The number of nitrogens with one attached hydrogen (secondary N) is 3. The zero-order chi connectivity index (χ0) is 31.4. The quantitative estimate of drug-likeness (QED) is 0.196. The predicted molar refractivity (Wildman–Crippen MR) is 162 cm³/mol. The molecule has 3 aromatic carbocycles. The summed E-state index contributed by atoms with van der Waals surface area (Å²) < 4.78 is 47.9. The number of anilines is 5. The van der Waals surface area contributed by atoms with Crippen molar-refractivity contribution in [3.8, 4) is 5.75 Å². The predicted octanol–water partition coefficient (Wildman–Crippen LogP) is 6.24. The number of halogens is 3. The maximum atomic E-state index is 13.2. The van der Waals surface area contributed by atoms with Crippen LogP contribution < -0.4 is 25.6 Å². The first kappa shape index (κ1) is 29.4. The summed E-state index contributed by atoms with van der Waals surface area (Å²) in [5.74, 6) is -0.353. The van der Waals surface area contributed by atoms with Crippen molar-refractivity contribution in [3.63, 3.8) is 0 Å². The lowest BCUT2D eigenvalue weighted by Gasteiger charge is -2.28. The van der Waals surface area contributed by atoms with Crippen LogP contribution in [0.3, 0.4) is 0 Å². The number of nitrogens with zero attached hydrogens (tertiary/aromatic N) is 4. The van der Waals surface area contributed by atoms with Crippen LogP contribution in [0.15, 0.2) is 91.4 Å². The van der Waals surface area contributed by atoms with Crippen LogP contribution in [0, 0.1) is 0 Å². The molecular weight excluding hydrogens is 591 g/mol. The van der Waals surface area contributed by atoms with E-state index in [-0.39, 0.29) is 17.3 Å². The van der Waals surface area contributed by atoms with Crippen molar-refractivity contribution in [2.24, 2.45) is 0 Å². The van der Waals surface area contributed by atoms with E-state index in [9.17, 15) is 22.8 Å². The van der Waals surface area contributed by atoms with Crippen LogP contribution in [0.25, 0.3) is 11.0 Å². The fraction of sp³-hybridized carbons (Fsp3) is 0.161. The number of rotatable bonds is 7. The Bertz CT molecular complexity index is 1820. The van der Waals surface area contributed by atoms with Gasteiger partial charge < -0.3 is 30.3 Å². The molecule has 1 fully saturated rings. The minimum absolute atomic E-state index is 0.288. The molecule has 0 saturated carbocycles.